The highest BCUT2D eigenvalue weighted by molar-refractivity contribution is 7.88. The van der Waals surface area contributed by atoms with Crippen molar-refractivity contribution in [3.63, 3.8) is 0 Å². The quantitative estimate of drug-likeness (QED) is 0.807. The number of amides is 1. The summed E-state index contributed by atoms with van der Waals surface area (Å²) in [6.45, 7) is 2.88. The fourth-order valence-electron chi connectivity index (χ4n) is 3.48. The first kappa shape index (κ1) is 16.7. The third-order valence-electron chi connectivity index (χ3n) is 4.49. The molecule has 7 heteroatoms. The lowest BCUT2D eigenvalue weighted by molar-refractivity contribution is -0.138. The average Bonchev–Trinajstić information content (AvgIpc) is 2.46. The molecule has 2 saturated heterocycles. The van der Waals surface area contributed by atoms with Crippen molar-refractivity contribution in [1.29, 1.82) is 0 Å². The Morgan fingerprint density at radius 3 is 2.62 bits per heavy atom. The smallest absolute Gasteiger partial charge is 0.241 e. The zero-order valence-electron chi connectivity index (χ0n) is 13.0. The third kappa shape index (κ3) is 4.17. The molecule has 2 heterocycles. The van der Waals surface area contributed by atoms with Crippen LogP contribution in [0, 0.1) is 5.92 Å². The van der Waals surface area contributed by atoms with Gasteiger partial charge < -0.3 is 10.2 Å². The van der Waals surface area contributed by atoms with Crippen LogP contribution in [0.4, 0.5) is 0 Å². The topological polar surface area (TPSA) is 69.7 Å². The summed E-state index contributed by atoms with van der Waals surface area (Å²) >= 11 is 0. The van der Waals surface area contributed by atoms with Crippen molar-refractivity contribution >= 4 is 15.9 Å². The molecule has 0 aromatic heterocycles. The molecular weight excluding hydrogens is 290 g/mol. The molecular formula is C14H27N3O3S. The Hall–Kier alpha value is -0.660. The second kappa shape index (κ2) is 7.07. The Morgan fingerprint density at radius 2 is 1.95 bits per heavy atom. The van der Waals surface area contributed by atoms with Crippen LogP contribution in [0.5, 0.6) is 0 Å². The number of nitrogens with zero attached hydrogens (tertiary/aromatic N) is 2. The van der Waals surface area contributed by atoms with E-state index >= 15 is 0 Å². The zero-order chi connectivity index (χ0) is 15.5. The molecule has 21 heavy (non-hydrogen) atoms. The monoisotopic (exact) mass is 317 g/mol. The summed E-state index contributed by atoms with van der Waals surface area (Å²) in [7, 11) is -1.39. The maximum atomic E-state index is 12.8. The van der Waals surface area contributed by atoms with Gasteiger partial charge in [0.05, 0.1) is 6.26 Å². The number of likely N-dealkylation sites (tertiary alicyclic amines) is 1. The molecule has 0 bridgehead atoms. The van der Waals surface area contributed by atoms with E-state index in [0.29, 0.717) is 18.9 Å². The van der Waals surface area contributed by atoms with Crippen LogP contribution < -0.4 is 5.32 Å². The van der Waals surface area contributed by atoms with Gasteiger partial charge in [-0.25, -0.2) is 8.42 Å². The summed E-state index contributed by atoms with van der Waals surface area (Å²) < 4.78 is 25.2. The molecule has 0 radical (unpaired) electrons. The Kier molecular flexibility index (Phi) is 5.62. The van der Waals surface area contributed by atoms with Gasteiger partial charge in [-0.15, -0.1) is 0 Å². The van der Waals surface area contributed by atoms with Crippen molar-refractivity contribution in [2.24, 2.45) is 5.92 Å². The lowest BCUT2D eigenvalue weighted by Gasteiger charge is -2.39. The Bertz CT molecular complexity index is 464. The molecule has 0 spiro atoms. The second-order valence-corrected chi connectivity index (χ2v) is 8.17. The van der Waals surface area contributed by atoms with E-state index in [1.54, 1.807) is 0 Å². The van der Waals surface area contributed by atoms with Crippen LogP contribution in [0.15, 0.2) is 0 Å². The minimum atomic E-state index is -3.31. The number of hydrogen-bond acceptors (Lipinski definition) is 4. The Labute approximate surface area is 127 Å². The lowest BCUT2D eigenvalue weighted by atomic mass is 9.96. The fourth-order valence-corrected chi connectivity index (χ4v) is 4.60. The number of sulfonamides is 1. The maximum absolute atomic E-state index is 12.8. The van der Waals surface area contributed by atoms with Gasteiger partial charge in [-0.05, 0) is 45.2 Å². The molecule has 1 amide bonds. The molecule has 0 saturated carbocycles. The van der Waals surface area contributed by atoms with E-state index in [0.717, 1.165) is 45.3 Å². The van der Waals surface area contributed by atoms with Gasteiger partial charge >= 0.3 is 0 Å². The van der Waals surface area contributed by atoms with Gasteiger partial charge in [0, 0.05) is 19.6 Å². The molecule has 0 aromatic rings. The van der Waals surface area contributed by atoms with Crippen molar-refractivity contribution in [3.05, 3.63) is 0 Å². The SMILES string of the molecule is CNCC1CCCN(C(=O)C2CCCCN2S(C)(=O)=O)C1. The van der Waals surface area contributed by atoms with Crippen LogP contribution >= 0.6 is 0 Å². The highest BCUT2D eigenvalue weighted by atomic mass is 32.2. The molecule has 1 N–H and O–H groups in total. The molecule has 2 aliphatic heterocycles. The number of rotatable bonds is 4. The van der Waals surface area contributed by atoms with Gasteiger partial charge in [-0.1, -0.05) is 6.42 Å². The van der Waals surface area contributed by atoms with Crippen LogP contribution in [0.1, 0.15) is 32.1 Å². The van der Waals surface area contributed by atoms with Gasteiger partial charge in [0.15, 0.2) is 0 Å². The van der Waals surface area contributed by atoms with Gasteiger partial charge in [0.1, 0.15) is 6.04 Å². The summed E-state index contributed by atoms with van der Waals surface area (Å²) in [6.07, 6.45) is 5.77. The van der Waals surface area contributed by atoms with E-state index in [4.69, 9.17) is 0 Å². The van der Waals surface area contributed by atoms with Crippen molar-refractivity contribution in [2.45, 2.75) is 38.1 Å². The Balaban J connectivity index is 2.06. The molecule has 0 aromatic carbocycles. The molecule has 2 fully saturated rings. The van der Waals surface area contributed by atoms with Crippen LogP contribution in [0.2, 0.25) is 0 Å². The number of carbonyl (C=O) groups excluding carboxylic acids is 1. The van der Waals surface area contributed by atoms with E-state index in [1.165, 1.54) is 10.6 Å². The van der Waals surface area contributed by atoms with Crippen molar-refractivity contribution in [3.8, 4) is 0 Å². The fraction of sp³-hybridized carbons (Fsp3) is 0.929. The summed E-state index contributed by atoms with van der Waals surface area (Å²) in [6, 6.07) is -0.484. The van der Waals surface area contributed by atoms with Gasteiger partial charge in [-0.3, -0.25) is 4.79 Å². The molecule has 122 valence electrons. The van der Waals surface area contributed by atoms with Gasteiger partial charge in [0.25, 0.3) is 0 Å². The van der Waals surface area contributed by atoms with E-state index in [2.05, 4.69) is 5.32 Å². The van der Waals surface area contributed by atoms with E-state index in [9.17, 15) is 13.2 Å². The minimum Gasteiger partial charge on any atom is -0.341 e. The van der Waals surface area contributed by atoms with Crippen LogP contribution in [-0.4, -0.2) is 69.1 Å². The molecule has 6 nitrogen and oxygen atoms in total. The largest absolute Gasteiger partial charge is 0.341 e. The Morgan fingerprint density at radius 1 is 1.19 bits per heavy atom. The third-order valence-corrected chi connectivity index (χ3v) is 5.78. The predicted molar refractivity (Wildman–Crippen MR) is 82.4 cm³/mol. The zero-order valence-corrected chi connectivity index (χ0v) is 13.9. The summed E-state index contributed by atoms with van der Waals surface area (Å²) in [5.41, 5.74) is 0. The van der Waals surface area contributed by atoms with Crippen LogP contribution in [0.3, 0.4) is 0 Å². The summed E-state index contributed by atoms with van der Waals surface area (Å²) in [5.74, 6) is 0.476. The normalized spacial score (nSPS) is 28.6. The molecule has 2 atom stereocenters. The first-order chi connectivity index (χ1) is 9.93. The van der Waals surface area contributed by atoms with Gasteiger partial charge in [-0.2, -0.15) is 4.31 Å². The van der Waals surface area contributed by atoms with Crippen LogP contribution in [0.25, 0.3) is 0 Å². The molecule has 2 rings (SSSR count). The van der Waals surface area contributed by atoms with E-state index in [-0.39, 0.29) is 5.91 Å². The van der Waals surface area contributed by atoms with Gasteiger partial charge in [0.2, 0.25) is 15.9 Å². The van der Waals surface area contributed by atoms with E-state index in [1.807, 2.05) is 11.9 Å². The molecule has 2 unspecified atom stereocenters. The van der Waals surface area contributed by atoms with Crippen molar-refractivity contribution in [1.82, 2.24) is 14.5 Å². The van der Waals surface area contributed by atoms with E-state index < -0.39 is 16.1 Å². The average molecular weight is 317 g/mol. The summed E-state index contributed by atoms with van der Waals surface area (Å²) in [4.78, 5) is 14.6. The number of nitrogens with one attached hydrogen (secondary N) is 1. The standard InChI is InChI=1S/C14H27N3O3S/c1-15-10-12-6-5-8-16(11-12)14(18)13-7-3-4-9-17(13)21(2,19)20/h12-13,15H,3-11H2,1-2H3. The number of piperidine rings is 2. The number of hydrogen-bond donors (Lipinski definition) is 1. The number of carbonyl (C=O) groups is 1. The predicted octanol–water partition coefficient (Wildman–Crippen LogP) is 0.259. The van der Waals surface area contributed by atoms with Crippen molar-refractivity contribution in [2.75, 3.05) is 39.5 Å². The van der Waals surface area contributed by atoms with Crippen LogP contribution in [-0.2, 0) is 14.8 Å². The first-order valence-corrected chi connectivity index (χ1v) is 9.68. The second-order valence-electron chi connectivity index (χ2n) is 6.24. The first-order valence-electron chi connectivity index (χ1n) is 7.83. The highest BCUT2D eigenvalue weighted by Gasteiger charge is 2.37. The summed E-state index contributed by atoms with van der Waals surface area (Å²) in [5, 5.41) is 3.17. The maximum Gasteiger partial charge on any atom is 0.241 e. The molecule has 0 aliphatic carbocycles. The minimum absolute atomic E-state index is 0.000859. The lowest BCUT2D eigenvalue weighted by Crippen LogP contribution is -2.54. The molecule has 2 aliphatic rings. The van der Waals surface area contributed by atoms with Crippen molar-refractivity contribution < 1.29 is 13.2 Å². The highest BCUT2D eigenvalue weighted by Crippen LogP contribution is 2.24.